The maximum Gasteiger partial charge on any atom is 0.317 e. The van der Waals surface area contributed by atoms with E-state index < -0.39 is 0 Å². The average molecular weight is 397 g/mol. The molecule has 0 radical (unpaired) electrons. The summed E-state index contributed by atoms with van der Waals surface area (Å²) in [5, 5.41) is 3.98. The fraction of sp³-hybridized carbons (Fsp3) is 0.565. The maximum absolute atomic E-state index is 12.7. The Hall–Kier alpha value is -2.50. The van der Waals surface area contributed by atoms with Crippen LogP contribution in [0.4, 0.5) is 4.79 Å². The quantitative estimate of drug-likeness (QED) is 0.813. The predicted molar refractivity (Wildman–Crippen MR) is 115 cm³/mol. The minimum absolute atomic E-state index is 0.0295. The van der Waals surface area contributed by atoms with Crippen molar-refractivity contribution in [2.24, 2.45) is 11.8 Å². The molecule has 1 atom stereocenters. The van der Waals surface area contributed by atoms with Crippen LogP contribution in [0.2, 0.25) is 0 Å². The number of piperidine rings is 1. The zero-order valence-corrected chi connectivity index (χ0v) is 17.3. The molecule has 156 valence electrons. The van der Waals surface area contributed by atoms with Gasteiger partial charge in [0, 0.05) is 56.7 Å². The van der Waals surface area contributed by atoms with Crippen molar-refractivity contribution >= 4 is 22.8 Å². The number of aromatic nitrogens is 1. The Bertz CT molecular complexity index is 853. The number of nitrogens with one attached hydrogen (secondary N) is 2. The third kappa shape index (κ3) is 4.41. The number of H-pyrrole nitrogens is 1. The second-order valence-electron chi connectivity index (χ2n) is 8.48. The first-order valence-electron chi connectivity index (χ1n) is 10.9. The molecule has 3 heterocycles. The molecule has 2 aromatic rings. The normalized spacial score (nSPS) is 20.4. The van der Waals surface area contributed by atoms with E-state index in [0.29, 0.717) is 24.2 Å². The number of likely N-dealkylation sites (tertiary alicyclic amines) is 2. The number of hydrogen-bond acceptors (Lipinski definition) is 2. The summed E-state index contributed by atoms with van der Waals surface area (Å²) >= 11 is 0. The van der Waals surface area contributed by atoms with Crippen molar-refractivity contribution in [3.8, 4) is 0 Å². The molecular weight excluding hydrogens is 364 g/mol. The van der Waals surface area contributed by atoms with Crippen LogP contribution in [0.5, 0.6) is 0 Å². The van der Waals surface area contributed by atoms with Crippen LogP contribution in [0.1, 0.15) is 37.7 Å². The van der Waals surface area contributed by atoms with Gasteiger partial charge < -0.3 is 20.1 Å². The molecule has 2 N–H and O–H groups in total. The Balaban J connectivity index is 1.21. The molecule has 0 bridgehead atoms. The number of amides is 3. The molecule has 1 aromatic carbocycles. The summed E-state index contributed by atoms with van der Waals surface area (Å²) in [5.74, 6) is 1.54. The average Bonchev–Trinajstić information content (AvgIpc) is 3.41. The monoisotopic (exact) mass is 396 g/mol. The van der Waals surface area contributed by atoms with Crippen molar-refractivity contribution in [1.29, 1.82) is 0 Å². The van der Waals surface area contributed by atoms with E-state index >= 15 is 0 Å². The number of nitrogens with zero attached hydrogens (tertiary/aromatic N) is 2. The summed E-state index contributed by atoms with van der Waals surface area (Å²) < 4.78 is 0. The molecule has 0 aliphatic carbocycles. The number of carbonyl (C=O) groups excluding carboxylic acids is 2. The highest BCUT2D eigenvalue weighted by molar-refractivity contribution is 5.83. The van der Waals surface area contributed by atoms with Gasteiger partial charge in [-0.25, -0.2) is 4.79 Å². The lowest BCUT2D eigenvalue weighted by molar-refractivity contribution is -0.130. The molecule has 2 aliphatic rings. The number of hydrogen-bond donors (Lipinski definition) is 2. The van der Waals surface area contributed by atoms with Crippen molar-refractivity contribution in [2.75, 3.05) is 33.2 Å². The van der Waals surface area contributed by atoms with Crippen LogP contribution in [0.15, 0.2) is 30.5 Å². The first kappa shape index (κ1) is 19.8. The third-order valence-corrected chi connectivity index (χ3v) is 6.80. The summed E-state index contributed by atoms with van der Waals surface area (Å²) in [6.45, 7) is 3.46. The van der Waals surface area contributed by atoms with Gasteiger partial charge in [0.25, 0.3) is 0 Å². The van der Waals surface area contributed by atoms with Crippen LogP contribution in [0.3, 0.4) is 0 Å². The van der Waals surface area contributed by atoms with Crippen LogP contribution >= 0.6 is 0 Å². The summed E-state index contributed by atoms with van der Waals surface area (Å²) in [4.78, 5) is 31.7. The Kier molecular flexibility index (Phi) is 6.07. The standard InChI is InChI=1S/C23H32N4O2/c1-24-23(29)26-12-9-17(10-13-26)19-11-14-27(16-19)22(28)8-4-5-18-15-25-21-7-3-2-6-20(18)21/h2-3,6-7,15,17,19,25H,4-5,8-14,16H2,1H3,(H,24,29). The van der Waals surface area contributed by atoms with Crippen LogP contribution in [0.25, 0.3) is 10.9 Å². The highest BCUT2D eigenvalue weighted by atomic mass is 16.2. The van der Waals surface area contributed by atoms with Gasteiger partial charge in [0.2, 0.25) is 5.91 Å². The molecule has 1 aromatic heterocycles. The fourth-order valence-corrected chi connectivity index (χ4v) is 5.06. The number of aryl methyl sites for hydroxylation is 1. The SMILES string of the molecule is CNC(=O)N1CCC(C2CCN(C(=O)CCCc3c[nH]c4ccccc34)C2)CC1. The van der Waals surface area contributed by atoms with Crippen molar-refractivity contribution in [3.63, 3.8) is 0 Å². The minimum Gasteiger partial charge on any atom is -0.361 e. The number of benzene rings is 1. The number of urea groups is 1. The van der Waals surface area contributed by atoms with Crippen molar-refractivity contribution < 1.29 is 9.59 Å². The van der Waals surface area contributed by atoms with E-state index in [-0.39, 0.29) is 6.03 Å². The summed E-state index contributed by atoms with van der Waals surface area (Å²) in [6.07, 6.45) is 7.76. The van der Waals surface area contributed by atoms with Gasteiger partial charge in [0.05, 0.1) is 0 Å². The van der Waals surface area contributed by atoms with Crippen LogP contribution in [-0.4, -0.2) is 59.9 Å². The number of para-hydroxylation sites is 1. The third-order valence-electron chi connectivity index (χ3n) is 6.80. The van der Waals surface area contributed by atoms with E-state index in [1.165, 1.54) is 16.5 Å². The highest BCUT2D eigenvalue weighted by Gasteiger charge is 2.34. The Morgan fingerprint density at radius 1 is 1.07 bits per heavy atom. The predicted octanol–water partition coefficient (Wildman–Crippen LogP) is 3.39. The summed E-state index contributed by atoms with van der Waals surface area (Å²) in [6, 6.07) is 8.37. The zero-order chi connectivity index (χ0) is 20.2. The number of carbonyl (C=O) groups is 2. The molecule has 4 rings (SSSR count). The molecule has 1 unspecified atom stereocenters. The van der Waals surface area contributed by atoms with Crippen molar-refractivity contribution in [1.82, 2.24) is 20.1 Å². The fourth-order valence-electron chi connectivity index (χ4n) is 5.06. The molecule has 0 saturated carbocycles. The van der Waals surface area contributed by atoms with Crippen molar-refractivity contribution in [2.45, 2.75) is 38.5 Å². The molecule has 3 amide bonds. The van der Waals surface area contributed by atoms with Gasteiger partial charge in [0.15, 0.2) is 0 Å². The van der Waals surface area contributed by atoms with Gasteiger partial charge in [-0.1, -0.05) is 18.2 Å². The molecule has 6 nitrogen and oxygen atoms in total. The van der Waals surface area contributed by atoms with E-state index in [2.05, 4.69) is 39.6 Å². The Morgan fingerprint density at radius 2 is 1.79 bits per heavy atom. The Morgan fingerprint density at radius 3 is 2.59 bits per heavy atom. The smallest absolute Gasteiger partial charge is 0.317 e. The molecular formula is C23H32N4O2. The lowest BCUT2D eigenvalue weighted by atomic mass is 9.84. The first-order valence-corrected chi connectivity index (χ1v) is 10.9. The topological polar surface area (TPSA) is 68.4 Å². The van der Waals surface area contributed by atoms with Gasteiger partial charge in [-0.05, 0) is 55.6 Å². The molecule has 6 heteroatoms. The lowest BCUT2D eigenvalue weighted by Gasteiger charge is -2.34. The van der Waals surface area contributed by atoms with Crippen molar-refractivity contribution in [3.05, 3.63) is 36.0 Å². The Labute approximate surface area is 172 Å². The largest absolute Gasteiger partial charge is 0.361 e. The molecule has 2 aliphatic heterocycles. The van der Waals surface area contributed by atoms with Gasteiger partial charge in [-0.15, -0.1) is 0 Å². The number of rotatable bonds is 5. The lowest BCUT2D eigenvalue weighted by Crippen LogP contribution is -2.44. The number of aromatic amines is 1. The minimum atomic E-state index is 0.0295. The summed E-state index contributed by atoms with van der Waals surface area (Å²) in [7, 11) is 1.69. The van der Waals surface area contributed by atoms with Crippen LogP contribution in [-0.2, 0) is 11.2 Å². The van der Waals surface area contributed by atoms with Crippen LogP contribution < -0.4 is 5.32 Å². The van der Waals surface area contributed by atoms with E-state index in [9.17, 15) is 9.59 Å². The van der Waals surface area contributed by atoms with Gasteiger partial charge in [-0.2, -0.15) is 0 Å². The van der Waals surface area contributed by atoms with Gasteiger partial charge >= 0.3 is 6.03 Å². The molecule has 29 heavy (non-hydrogen) atoms. The van der Waals surface area contributed by atoms with Gasteiger partial charge in [0.1, 0.15) is 0 Å². The van der Waals surface area contributed by atoms with E-state index in [1.54, 1.807) is 7.05 Å². The van der Waals surface area contributed by atoms with E-state index in [0.717, 1.165) is 58.3 Å². The van der Waals surface area contributed by atoms with E-state index in [4.69, 9.17) is 0 Å². The zero-order valence-electron chi connectivity index (χ0n) is 17.3. The maximum atomic E-state index is 12.7. The van der Waals surface area contributed by atoms with Crippen LogP contribution in [0, 0.1) is 11.8 Å². The molecule has 2 saturated heterocycles. The second-order valence-corrected chi connectivity index (χ2v) is 8.48. The summed E-state index contributed by atoms with van der Waals surface area (Å²) in [5.41, 5.74) is 2.47. The molecule has 2 fully saturated rings. The van der Waals surface area contributed by atoms with Gasteiger partial charge in [-0.3, -0.25) is 4.79 Å². The highest BCUT2D eigenvalue weighted by Crippen LogP contribution is 2.32. The second kappa shape index (κ2) is 8.89. The number of fused-ring (bicyclic) bond motifs is 1. The first-order chi connectivity index (χ1) is 14.2. The van der Waals surface area contributed by atoms with E-state index in [1.807, 2.05) is 11.0 Å². The molecule has 0 spiro atoms.